The molecule has 1 aliphatic rings. The fraction of sp³-hybridized carbons (Fsp3) is 0.556. The molecule has 2 rings (SSSR count). The Balaban J connectivity index is 2.13. The first-order chi connectivity index (χ1) is 6.68. The Morgan fingerprint density at radius 3 is 2.86 bits per heavy atom. The van der Waals surface area contributed by atoms with Crippen LogP contribution in [0.4, 0.5) is 0 Å². The van der Waals surface area contributed by atoms with Crippen LogP contribution in [0.2, 0.25) is 0 Å². The molecule has 0 aliphatic carbocycles. The van der Waals surface area contributed by atoms with Gasteiger partial charge in [-0.1, -0.05) is 0 Å². The van der Waals surface area contributed by atoms with Gasteiger partial charge in [-0.25, -0.2) is 0 Å². The van der Waals surface area contributed by atoms with Gasteiger partial charge in [0.1, 0.15) is 0 Å². The van der Waals surface area contributed by atoms with E-state index in [1.807, 2.05) is 0 Å². The highest BCUT2D eigenvalue weighted by atomic mass is 79.9. The summed E-state index contributed by atoms with van der Waals surface area (Å²) < 4.78 is 7.74. The number of halogens is 2. The lowest BCUT2D eigenvalue weighted by molar-refractivity contribution is 0.0909. The molecule has 2 N–H and O–H groups in total. The van der Waals surface area contributed by atoms with Gasteiger partial charge in [0, 0.05) is 16.0 Å². The van der Waals surface area contributed by atoms with E-state index < -0.39 is 0 Å². The number of rotatable bonds is 2. The zero-order valence-corrected chi connectivity index (χ0v) is 11.5. The van der Waals surface area contributed by atoms with Crippen LogP contribution in [0.3, 0.4) is 0 Å². The molecule has 2 atom stereocenters. The monoisotopic (exact) mass is 339 g/mol. The van der Waals surface area contributed by atoms with Crippen molar-refractivity contribution < 1.29 is 4.74 Å². The van der Waals surface area contributed by atoms with Gasteiger partial charge in [-0.2, -0.15) is 0 Å². The van der Waals surface area contributed by atoms with Crippen molar-refractivity contribution in [3.63, 3.8) is 0 Å². The van der Waals surface area contributed by atoms with Crippen LogP contribution in [0.1, 0.15) is 23.8 Å². The molecule has 1 aromatic rings. The van der Waals surface area contributed by atoms with Crippen molar-refractivity contribution in [2.24, 2.45) is 5.73 Å². The van der Waals surface area contributed by atoms with E-state index in [1.165, 1.54) is 4.88 Å². The van der Waals surface area contributed by atoms with E-state index >= 15 is 0 Å². The van der Waals surface area contributed by atoms with Gasteiger partial charge in [-0.15, -0.1) is 11.3 Å². The summed E-state index contributed by atoms with van der Waals surface area (Å²) in [5.41, 5.74) is 6.13. The quantitative estimate of drug-likeness (QED) is 0.894. The van der Waals surface area contributed by atoms with Crippen LogP contribution >= 0.6 is 43.2 Å². The van der Waals surface area contributed by atoms with Crippen molar-refractivity contribution >= 4 is 43.2 Å². The van der Waals surface area contributed by atoms with E-state index in [2.05, 4.69) is 37.9 Å². The Hall–Kier alpha value is 0.580. The summed E-state index contributed by atoms with van der Waals surface area (Å²) in [6.45, 7) is 0.853. The molecule has 2 heterocycles. The maximum absolute atomic E-state index is 6.13. The van der Waals surface area contributed by atoms with E-state index in [0.717, 1.165) is 27.7 Å². The van der Waals surface area contributed by atoms with E-state index in [1.54, 1.807) is 11.3 Å². The number of nitrogens with two attached hydrogens (primary N) is 1. The Labute approximate surface area is 104 Å². The molecule has 1 aromatic heterocycles. The SMILES string of the molecule is NC(c1cc(Br)c(Br)s1)C1CCCO1. The summed E-state index contributed by atoms with van der Waals surface area (Å²) in [5, 5.41) is 0. The van der Waals surface area contributed by atoms with Crippen molar-refractivity contribution in [2.45, 2.75) is 25.0 Å². The maximum atomic E-state index is 6.13. The molecule has 1 fully saturated rings. The van der Waals surface area contributed by atoms with Gasteiger partial charge in [0.25, 0.3) is 0 Å². The van der Waals surface area contributed by atoms with Crippen molar-refractivity contribution in [1.82, 2.24) is 0 Å². The van der Waals surface area contributed by atoms with Crippen LogP contribution in [0.25, 0.3) is 0 Å². The number of thiophene rings is 1. The average molecular weight is 341 g/mol. The molecule has 5 heteroatoms. The summed E-state index contributed by atoms with van der Waals surface area (Å²) in [5.74, 6) is 0. The normalized spacial score (nSPS) is 24.1. The second-order valence-corrected chi connectivity index (χ2v) is 6.60. The zero-order valence-electron chi connectivity index (χ0n) is 7.50. The van der Waals surface area contributed by atoms with Crippen LogP contribution in [0, 0.1) is 0 Å². The highest BCUT2D eigenvalue weighted by Crippen LogP contribution is 2.37. The van der Waals surface area contributed by atoms with E-state index in [0.29, 0.717) is 0 Å². The molecule has 78 valence electrons. The average Bonchev–Trinajstić information content (AvgIpc) is 2.76. The predicted molar refractivity (Wildman–Crippen MR) is 65.6 cm³/mol. The second kappa shape index (κ2) is 4.61. The molecule has 0 saturated carbocycles. The first kappa shape index (κ1) is 11.1. The molecule has 14 heavy (non-hydrogen) atoms. The lowest BCUT2D eigenvalue weighted by Crippen LogP contribution is -2.24. The fourth-order valence-electron chi connectivity index (χ4n) is 1.60. The molecular weight excluding hydrogens is 330 g/mol. The molecule has 0 aromatic carbocycles. The Kier molecular flexibility index (Phi) is 3.65. The number of hydrogen-bond acceptors (Lipinski definition) is 3. The fourth-order valence-corrected chi connectivity index (χ4v) is 3.74. The number of ether oxygens (including phenoxy) is 1. The number of hydrogen-bond donors (Lipinski definition) is 1. The van der Waals surface area contributed by atoms with Gasteiger partial charge < -0.3 is 10.5 Å². The highest BCUT2D eigenvalue weighted by Gasteiger charge is 2.25. The molecule has 1 aliphatic heterocycles. The first-order valence-corrected chi connectivity index (χ1v) is 6.90. The Morgan fingerprint density at radius 2 is 2.36 bits per heavy atom. The van der Waals surface area contributed by atoms with Gasteiger partial charge >= 0.3 is 0 Å². The summed E-state index contributed by atoms with van der Waals surface area (Å²) in [6, 6.07) is 2.09. The highest BCUT2D eigenvalue weighted by molar-refractivity contribution is 9.13. The molecule has 2 unspecified atom stereocenters. The van der Waals surface area contributed by atoms with Gasteiger partial charge in [0.2, 0.25) is 0 Å². The lowest BCUT2D eigenvalue weighted by atomic mass is 10.1. The molecule has 2 nitrogen and oxygen atoms in total. The minimum atomic E-state index is 0.0186. The van der Waals surface area contributed by atoms with E-state index in [-0.39, 0.29) is 12.1 Å². The van der Waals surface area contributed by atoms with Crippen LogP contribution in [0.5, 0.6) is 0 Å². The summed E-state index contributed by atoms with van der Waals surface area (Å²) in [4.78, 5) is 1.18. The van der Waals surface area contributed by atoms with Crippen molar-refractivity contribution in [3.8, 4) is 0 Å². The smallest absolute Gasteiger partial charge is 0.0843 e. The van der Waals surface area contributed by atoms with Gasteiger partial charge in [-0.05, 0) is 50.8 Å². The molecule has 0 spiro atoms. The first-order valence-electron chi connectivity index (χ1n) is 4.50. The standard InChI is InChI=1S/C9H11Br2NOS/c10-5-4-7(14-9(5)11)8(12)6-2-1-3-13-6/h4,6,8H,1-3,12H2. The molecular formula is C9H11Br2NOS. The minimum Gasteiger partial charge on any atom is -0.376 e. The van der Waals surface area contributed by atoms with Crippen LogP contribution in [0.15, 0.2) is 14.3 Å². The lowest BCUT2D eigenvalue weighted by Gasteiger charge is -2.16. The van der Waals surface area contributed by atoms with E-state index in [4.69, 9.17) is 10.5 Å². The third-order valence-electron chi connectivity index (χ3n) is 2.36. The van der Waals surface area contributed by atoms with Gasteiger partial charge in [-0.3, -0.25) is 0 Å². The van der Waals surface area contributed by atoms with E-state index in [9.17, 15) is 0 Å². The maximum Gasteiger partial charge on any atom is 0.0843 e. The largest absolute Gasteiger partial charge is 0.376 e. The Bertz CT molecular complexity index is 303. The summed E-state index contributed by atoms with van der Waals surface area (Å²) >= 11 is 8.60. The molecule has 0 amide bonds. The van der Waals surface area contributed by atoms with Crippen LogP contribution in [-0.4, -0.2) is 12.7 Å². The topological polar surface area (TPSA) is 35.2 Å². The third-order valence-corrected chi connectivity index (χ3v) is 5.72. The zero-order chi connectivity index (χ0) is 10.1. The van der Waals surface area contributed by atoms with Crippen molar-refractivity contribution in [2.75, 3.05) is 6.61 Å². The van der Waals surface area contributed by atoms with Gasteiger partial charge in [0.05, 0.1) is 15.9 Å². The van der Waals surface area contributed by atoms with Crippen LogP contribution in [-0.2, 0) is 4.74 Å². The van der Waals surface area contributed by atoms with Crippen molar-refractivity contribution in [3.05, 3.63) is 19.2 Å². The minimum absolute atomic E-state index is 0.0186. The van der Waals surface area contributed by atoms with Crippen LogP contribution < -0.4 is 5.73 Å². The van der Waals surface area contributed by atoms with Crippen molar-refractivity contribution in [1.29, 1.82) is 0 Å². The van der Waals surface area contributed by atoms with Gasteiger partial charge in [0.15, 0.2) is 0 Å². The molecule has 0 bridgehead atoms. The molecule has 1 saturated heterocycles. The summed E-state index contributed by atoms with van der Waals surface area (Å²) in [6.07, 6.45) is 2.41. The second-order valence-electron chi connectivity index (χ2n) is 3.35. The Morgan fingerprint density at radius 1 is 1.57 bits per heavy atom. The third kappa shape index (κ3) is 2.22. The summed E-state index contributed by atoms with van der Waals surface area (Å²) in [7, 11) is 0. The molecule has 0 radical (unpaired) electrons. The predicted octanol–water partition coefficient (Wildman–Crippen LogP) is 3.45.